The fourth-order valence-corrected chi connectivity index (χ4v) is 11.1. The first-order valence-electron chi connectivity index (χ1n) is 33.5. The van der Waals surface area contributed by atoms with Crippen molar-refractivity contribution in [3.05, 3.63) is 0 Å². The van der Waals surface area contributed by atoms with Gasteiger partial charge >= 0.3 is 39.5 Å². The van der Waals surface area contributed by atoms with Crippen LogP contribution in [-0.2, 0) is 65.4 Å². The number of ether oxygens (including phenoxy) is 4. The molecule has 0 amide bonds. The maximum absolute atomic E-state index is 13.0. The molecule has 0 fully saturated rings. The van der Waals surface area contributed by atoms with Crippen molar-refractivity contribution >= 4 is 39.5 Å². The van der Waals surface area contributed by atoms with E-state index in [-0.39, 0.29) is 25.7 Å². The van der Waals surface area contributed by atoms with Crippen molar-refractivity contribution in [1.29, 1.82) is 0 Å². The average Bonchev–Trinajstić information content (AvgIpc) is 3.45. The second kappa shape index (κ2) is 56.6. The van der Waals surface area contributed by atoms with E-state index in [1.54, 1.807) is 0 Å². The van der Waals surface area contributed by atoms with Gasteiger partial charge in [0.15, 0.2) is 12.2 Å². The summed E-state index contributed by atoms with van der Waals surface area (Å²) in [5, 5.41) is 10.5. The Kier molecular flexibility index (Phi) is 55.2. The van der Waals surface area contributed by atoms with Gasteiger partial charge in [0, 0.05) is 25.7 Å². The summed E-state index contributed by atoms with van der Waals surface area (Å²) in [6.07, 6.45) is 39.2. The molecule has 0 saturated heterocycles. The monoisotopic (exact) mass is 1230 g/mol. The van der Waals surface area contributed by atoms with Gasteiger partial charge in [-0.05, 0) is 37.5 Å². The molecule has 0 bridgehead atoms. The highest BCUT2D eigenvalue weighted by Crippen LogP contribution is 2.45. The molecule has 17 nitrogen and oxygen atoms in total. The highest BCUT2D eigenvalue weighted by molar-refractivity contribution is 7.47. The van der Waals surface area contributed by atoms with Gasteiger partial charge in [-0.3, -0.25) is 37.3 Å². The first-order chi connectivity index (χ1) is 39.9. The van der Waals surface area contributed by atoms with Crippen LogP contribution in [0.5, 0.6) is 0 Å². The van der Waals surface area contributed by atoms with Crippen LogP contribution in [-0.4, -0.2) is 96.7 Å². The van der Waals surface area contributed by atoms with Crippen LogP contribution >= 0.6 is 15.6 Å². The molecule has 19 heteroatoms. The molecule has 0 aliphatic carbocycles. The van der Waals surface area contributed by atoms with E-state index in [1.165, 1.54) is 116 Å². The molecule has 0 radical (unpaired) electrons. The fraction of sp³-hybridized carbons (Fsp3) is 0.938. The number of carbonyl (C=O) groups is 4. The third-order valence-corrected chi connectivity index (χ3v) is 16.6. The summed E-state index contributed by atoms with van der Waals surface area (Å²) in [7, 11) is -9.88. The third-order valence-electron chi connectivity index (χ3n) is 14.7. The minimum Gasteiger partial charge on any atom is -0.462 e. The first kappa shape index (κ1) is 81.1. The van der Waals surface area contributed by atoms with Gasteiger partial charge in [0.1, 0.15) is 19.3 Å². The molecule has 0 saturated carbocycles. The van der Waals surface area contributed by atoms with Gasteiger partial charge in [0.2, 0.25) is 0 Å². The number of phosphoric acid groups is 2. The standard InChI is InChI=1S/C64H124O17P2/c1-7-9-11-13-15-29-36-42-48-63(68)80-59(52-74-61(66)46-40-34-26-14-12-10-8-2)54-78-82(70,71)76-50-58(65)51-77-83(72,73)79-55-60(53-75-62(67)47-41-35-30-25-24-28-33-39-45-57(5)6)81-64(69)49-43-37-31-23-21-19-17-16-18-20-22-27-32-38-44-56(3)4/h56-60,65H,7-55H2,1-6H3,(H,70,71)(H,72,73)/t58-,59+,60+/m0/s1. The third kappa shape index (κ3) is 58.8. The number of phosphoric ester groups is 2. The second-order valence-corrected chi connectivity index (χ2v) is 27.0. The number of hydrogen-bond donors (Lipinski definition) is 3. The van der Waals surface area contributed by atoms with Crippen molar-refractivity contribution in [2.75, 3.05) is 39.6 Å². The molecular formula is C64H124O17P2. The summed E-state index contributed by atoms with van der Waals surface area (Å²) < 4.78 is 67.8. The zero-order chi connectivity index (χ0) is 61.5. The number of esters is 4. The van der Waals surface area contributed by atoms with Crippen molar-refractivity contribution in [1.82, 2.24) is 0 Å². The smallest absolute Gasteiger partial charge is 0.462 e. The summed E-state index contributed by atoms with van der Waals surface area (Å²) in [6.45, 7) is 9.42. The lowest BCUT2D eigenvalue weighted by molar-refractivity contribution is -0.161. The normalized spacial score (nSPS) is 14.3. The van der Waals surface area contributed by atoms with Gasteiger partial charge in [0.05, 0.1) is 26.4 Å². The Morgan fingerprint density at radius 3 is 0.819 bits per heavy atom. The van der Waals surface area contributed by atoms with E-state index in [9.17, 15) is 43.2 Å². The van der Waals surface area contributed by atoms with Crippen LogP contribution in [0.1, 0.15) is 318 Å². The van der Waals surface area contributed by atoms with E-state index in [0.29, 0.717) is 25.7 Å². The molecule has 0 aromatic rings. The molecule has 83 heavy (non-hydrogen) atoms. The molecule has 0 aromatic heterocycles. The molecule has 0 aliphatic heterocycles. The van der Waals surface area contributed by atoms with E-state index in [1.807, 2.05) is 0 Å². The zero-order valence-corrected chi connectivity index (χ0v) is 55.3. The molecule has 0 heterocycles. The summed E-state index contributed by atoms with van der Waals surface area (Å²) in [5.74, 6) is -0.619. The minimum atomic E-state index is -4.94. The summed E-state index contributed by atoms with van der Waals surface area (Å²) >= 11 is 0. The molecule has 0 spiro atoms. The van der Waals surface area contributed by atoms with E-state index in [4.69, 9.17) is 37.0 Å². The van der Waals surface area contributed by atoms with E-state index >= 15 is 0 Å². The van der Waals surface area contributed by atoms with Crippen molar-refractivity contribution in [2.45, 2.75) is 336 Å². The Bertz CT molecular complexity index is 1630. The maximum atomic E-state index is 13.0. The molecule has 0 aliphatic rings. The highest BCUT2D eigenvalue weighted by Gasteiger charge is 2.30. The molecule has 0 rings (SSSR count). The maximum Gasteiger partial charge on any atom is 0.472 e. The Balaban J connectivity index is 5.17. The van der Waals surface area contributed by atoms with E-state index in [0.717, 1.165) is 121 Å². The number of unbranched alkanes of at least 4 members (excludes halogenated alkanes) is 33. The van der Waals surface area contributed by atoms with Gasteiger partial charge in [-0.25, -0.2) is 9.13 Å². The van der Waals surface area contributed by atoms with Crippen LogP contribution in [0.25, 0.3) is 0 Å². The van der Waals surface area contributed by atoms with Gasteiger partial charge in [-0.1, -0.05) is 266 Å². The lowest BCUT2D eigenvalue weighted by atomic mass is 10.0. The number of hydrogen-bond acceptors (Lipinski definition) is 15. The van der Waals surface area contributed by atoms with Gasteiger partial charge in [-0.2, -0.15) is 0 Å². The Labute approximate surface area is 505 Å². The molecule has 492 valence electrons. The van der Waals surface area contributed by atoms with E-state index < -0.39 is 97.5 Å². The summed E-state index contributed by atoms with van der Waals surface area (Å²) in [5.41, 5.74) is 0. The number of aliphatic hydroxyl groups is 1. The summed E-state index contributed by atoms with van der Waals surface area (Å²) in [6, 6.07) is 0. The quantitative estimate of drug-likeness (QED) is 0.0222. The van der Waals surface area contributed by atoms with Crippen molar-refractivity contribution in [3.8, 4) is 0 Å². The van der Waals surface area contributed by atoms with Crippen LogP contribution in [0.15, 0.2) is 0 Å². The number of carbonyl (C=O) groups excluding carboxylic acids is 4. The molecule has 0 aromatic carbocycles. The zero-order valence-electron chi connectivity index (χ0n) is 53.5. The number of aliphatic hydroxyl groups excluding tert-OH is 1. The van der Waals surface area contributed by atoms with Crippen molar-refractivity contribution in [3.63, 3.8) is 0 Å². The topological polar surface area (TPSA) is 237 Å². The largest absolute Gasteiger partial charge is 0.472 e. The van der Waals surface area contributed by atoms with Crippen LogP contribution < -0.4 is 0 Å². The Morgan fingerprint density at radius 2 is 0.554 bits per heavy atom. The van der Waals surface area contributed by atoms with Crippen LogP contribution in [0.4, 0.5) is 0 Å². The predicted octanol–water partition coefficient (Wildman–Crippen LogP) is 17.7. The average molecular weight is 1230 g/mol. The van der Waals surface area contributed by atoms with E-state index in [2.05, 4.69) is 41.5 Å². The first-order valence-corrected chi connectivity index (χ1v) is 36.5. The van der Waals surface area contributed by atoms with Gasteiger partial charge in [0.25, 0.3) is 0 Å². The molecule has 3 N–H and O–H groups in total. The molecular weight excluding hydrogens is 1100 g/mol. The molecule has 5 atom stereocenters. The number of rotatable bonds is 63. The van der Waals surface area contributed by atoms with Crippen LogP contribution in [0.2, 0.25) is 0 Å². The minimum absolute atomic E-state index is 0.104. The SMILES string of the molecule is CCCCCCCCCCC(=O)O[C@H](COC(=O)CCCCCCCCC)COP(=O)(O)OC[C@H](O)COP(=O)(O)OC[C@@H](COC(=O)CCCCCCCCCCC(C)C)OC(=O)CCCCCCCCCCCCCCCCC(C)C. The van der Waals surface area contributed by atoms with Crippen molar-refractivity contribution in [2.24, 2.45) is 11.8 Å². The van der Waals surface area contributed by atoms with Crippen LogP contribution in [0, 0.1) is 11.8 Å². The molecule has 2 unspecified atom stereocenters. The second-order valence-electron chi connectivity index (χ2n) is 24.1. The summed E-state index contributed by atoms with van der Waals surface area (Å²) in [4.78, 5) is 72.0. The Morgan fingerprint density at radius 1 is 0.325 bits per heavy atom. The lowest BCUT2D eigenvalue weighted by Crippen LogP contribution is -2.30. The van der Waals surface area contributed by atoms with Gasteiger partial charge in [-0.15, -0.1) is 0 Å². The highest BCUT2D eigenvalue weighted by atomic mass is 31.2. The fourth-order valence-electron chi connectivity index (χ4n) is 9.53. The predicted molar refractivity (Wildman–Crippen MR) is 331 cm³/mol. The lowest BCUT2D eigenvalue weighted by Gasteiger charge is -2.21. The Hall–Kier alpha value is -1.94. The van der Waals surface area contributed by atoms with Gasteiger partial charge < -0.3 is 33.8 Å². The van der Waals surface area contributed by atoms with Crippen LogP contribution in [0.3, 0.4) is 0 Å². The van der Waals surface area contributed by atoms with Crippen molar-refractivity contribution < 1.29 is 80.2 Å².